The van der Waals surface area contributed by atoms with Crippen molar-refractivity contribution in [3.63, 3.8) is 0 Å². The third-order valence-corrected chi connectivity index (χ3v) is 5.10. The predicted octanol–water partition coefficient (Wildman–Crippen LogP) is 4.18. The lowest BCUT2D eigenvalue weighted by Crippen LogP contribution is -2.25. The molecule has 0 saturated carbocycles. The van der Waals surface area contributed by atoms with Crippen LogP contribution in [-0.2, 0) is 17.8 Å². The summed E-state index contributed by atoms with van der Waals surface area (Å²) in [5, 5.41) is 4.27. The Labute approximate surface area is 181 Å². The number of carbonyl (C=O) groups excluding carboxylic acids is 1. The number of hydrogen-bond acceptors (Lipinski definition) is 4. The highest BCUT2D eigenvalue weighted by atomic mass is 16.5. The Bertz CT molecular complexity index is 1210. The maximum atomic E-state index is 12.7. The van der Waals surface area contributed by atoms with Gasteiger partial charge in [0.2, 0.25) is 0 Å². The Morgan fingerprint density at radius 1 is 1.00 bits per heavy atom. The van der Waals surface area contributed by atoms with Crippen molar-refractivity contribution in [2.75, 3.05) is 7.11 Å². The largest absolute Gasteiger partial charge is 0.497 e. The van der Waals surface area contributed by atoms with Gasteiger partial charge in [0.05, 0.1) is 23.9 Å². The number of fused-ring (bicyclic) bond motifs is 1. The molecule has 0 aliphatic rings. The molecule has 0 saturated heterocycles. The van der Waals surface area contributed by atoms with Crippen LogP contribution < -0.4 is 10.2 Å². The summed E-state index contributed by atoms with van der Waals surface area (Å²) in [5.41, 5.74) is 7.26. The van der Waals surface area contributed by atoms with Crippen LogP contribution in [-0.4, -0.2) is 28.3 Å². The third kappa shape index (κ3) is 4.80. The number of aromatic nitrogens is 2. The summed E-state index contributed by atoms with van der Waals surface area (Å²) in [4.78, 5) is 17.5. The molecule has 4 rings (SSSR count). The van der Waals surface area contributed by atoms with E-state index >= 15 is 0 Å². The van der Waals surface area contributed by atoms with Gasteiger partial charge in [-0.2, -0.15) is 5.10 Å². The van der Waals surface area contributed by atoms with Gasteiger partial charge in [-0.05, 0) is 54.4 Å². The third-order valence-electron chi connectivity index (χ3n) is 5.10. The number of hydrogen-bond donors (Lipinski definition) is 1. The summed E-state index contributed by atoms with van der Waals surface area (Å²) < 4.78 is 7.13. The van der Waals surface area contributed by atoms with Gasteiger partial charge >= 0.3 is 0 Å². The second kappa shape index (κ2) is 9.26. The Balaban J connectivity index is 1.53. The summed E-state index contributed by atoms with van der Waals surface area (Å²) in [6.45, 7) is 2.00. The van der Waals surface area contributed by atoms with E-state index in [1.54, 1.807) is 7.11 Å². The Kier molecular flexibility index (Phi) is 6.08. The Morgan fingerprint density at radius 3 is 2.45 bits per heavy atom. The van der Waals surface area contributed by atoms with Crippen molar-refractivity contribution in [3.05, 3.63) is 95.8 Å². The number of carbonyl (C=O) groups is 1. The molecule has 1 amide bonds. The average Bonchev–Trinajstić information content (AvgIpc) is 3.15. The smallest absolute Gasteiger partial charge is 0.260 e. The number of methoxy groups -OCH3 is 1. The zero-order valence-electron chi connectivity index (χ0n) is 17.6. The van der Waals surface area contributed by atoms with E-state index in [-0.39, 0.29) is 12.5 Å². The van der Waals surface area contributed by atoms with Crippen molar-refractivity contribution in [1.82, 2.24) is 15.0 Å². The van der Waals surface area contributed by atoms with Crippen LogP contribution in [0.3, 0.4) is 0 Å². The van der Waals surface area contributed by atoms with Crippen LogP contribution in [0.15, 0.2) is 84.0 Å². The molecule has 1 N–H and O–H groups in total. The van der Waals surface area contributed by atoms with E-state index in [0.29, 0.717) is 6.42 Å². The van der Waals surface area contributed by atoms with Gasteiger partial charge in [0.15, 0.2) is 0 Å². The molecule has 6 nitrogen and oxygen atoms in total. The highest BCUT2D eigenvalue weighted by Gasteiger charge is 2.14. The van der Waals surface area contributed by atoms with Crippen LogP contribution in [0.2, 0.25) is 0 Å². The fourth-order valence-electron chi connectivity index (χ4n) is 3.44. The molecule has 0 radical (unpaired) electrons. The second-order valence-corrected chi connectivity index (χ2v) is 7.23. The number of benzene rings is 3. The Morgan fingerprint density at radius 2 is 1.71 bits per heavy atom. The fraction of sp³-hybridized carbons (Fsp3) is 0.160. The van der Waals surface area contributed by atoms with Crippen LogP contribution in [0.1, 0.15) is 23.9 Å². The number of imidazole rings is 1. The zero-order valence-corrected chi connectivity index (χ0v) is 17.6. The van der Waals surface area contributed by atoms with E-state index < -0.39 is 0 Å². The normalized spacial score (nSPS) is 11.5. The molecule has 31 heavy (non-hydrogen) atoms. The van der Waals surface area contributed by atoms with Gasteiger partial charge in [-0.25, -0.2) is 10.4 Å². The van der Waals surface area contributed by atoms with Crippen molar-refractivity contribution in [1.29, 1.82) is 0 Å². The fourth-order valence-corrected chi connectivity index (χ4v) is 3.44. The number of rotatable bonds is 7. The highest BCUT2D eigenvalue weighted by molar-refractivity contribution is 5.99. The van der Waals surface area contributed by atoms with Crippen molar-refractivity contribution < 1.29 is 9.53 Å². The van der Waals surface area contributed by atoms with Gasteiger partial charge in [-0.15, -0.1) is 0 Å². The maximum Gasteiger partial charge on any atom is 0.260 e. The molecule has 0 spiro atoms. The minimum absolute atomic E-state index is 0.141. The first kappa shape index (κ1) is 20.3. The quantitative estimate of drug-likeness (QED) is 0.366. The molecule has 0 unspecified atom stereocenters. The maximum absolute atomic E-state index is 12.7. The summed E-state index contributed by atoms with van der Waals surface area (Å²) in [7, 11) is 1.63. The minimum atomic E-state index is -0.203. The van der Waals surface area contributed by atoms with Crippen LogP contribution in [0.5, 0.6) is 5.75 Å². The highest BCUT2D eigenvalue weighted by Crippen LogP contribution is 2.18. The molecule has 156 valence electrons. The van der Waals surface area contributed by atoms with E-state index in [1.165, 1.54) is 0 Å². The van der Waals surface area contributed by atoms with Gasteiger partial charge in [0.1, 0.15) is 18.1 Å². The first-order valence-corrected chi connectivity index (χ1v) is 10.1. The summed E-state index contributed by atoms with van der Waals surface area (Å²) in [5.74, 6) is 1.42. The monoisotopic (exact) mass is 412 g/mol. The number of ether oxygens (including phenoxy) is 1. The lowest BCUT2D eigenvalue weighted by Gasteiger charge is -2.09. The van der Waals surface area contributed by atoms with E-state index in [1.807, 2.05) is 78.2 Å². The molecule has 0 aliphatic carbocycles. The van der Waals surface area contributed by atoms with Crippen molar-refractivity contribution in [2.45, 2.75) is 19.9 Å². The number of hydrazone groups is 1. The van der Waals surface area contributed by atoms with Crippen LogP contribution in [0.4, 0.5) is 0 Å². The van der Waals surface area contributed by atoms with Crippen molar-refractivity contribution >= 4 is 22.7 Å². The molecular formula is C25H24N4O2. The molecular weight excluding hydrogens is 388 g/mol. The van der Waals surface area contributed by atoms with Crippen molar-refractivity contribution in [2.24, 2.45) is 5.10 Å². The van der Waals surface area contributed by atoms with Gasteiger partial charge in [0, 0.05) is 6.42 Å². The number of nitrogens with zero attached hydrogens (tertiary/aromatic N) is 3. The molecule has 3 aromatic carbocycles. The summed E-state index contributed by atoms with van der Waals surface area (Å²) >= 11 is 0. The van der Waals surface area contributed by atoms with E-state index in [4.69, 9.17) is 9.72 Å². The molecule has 6 heteroatoms. The SMILES string of the molecule is COc1ccc(/C(C)=N/NC(=O)Cn2c(Cc3ccccc3)nc3ccccc32)cc1. The molecule has 0 bridgehead atoms. The van der Waals surface area contributed by atoms with Crippen LogP contribution in [0.25, 0.3) is 11.0 Å². The molecule has 1 aromatic heterocycles. The average molecular weight is 412 g/mol. The standard InChI is InChI=1S/C25H24N4O2/c1-18(20-12-14-21(31-2)15-13-20)27-28-25(30)17-29-23-11-7-6-10-22(23)26-24(29)16-19-8-4-3-5-9-19/h3-15H,16-17H2,1-2H3,(H,28,30)/b27-18+. The lowest BCUT2D eigenvalue weighted by molar-refractivity contribution is -0.121. The predicted molar refractivity (Wildman–Crippen MR) is 122 cm³/mol. The number of nitrogens with one attached hydrogen (secondary N) is 1. The van der Waals surface area contributed by atoms with E-state index in [0.717, 1.165) is 39.4 Å². The number of para-hydroxylation sites is 2. The first-order valence-electron chi connectivity index (χ1n) is 10.1. The molecule has 0 aliphatic heterocycles. The first-order chi connectivity index (χ1) is 15.1. The van der Waals surface area contributed by atoms with Gasteiger partial charge in [-0.3, -0.25) is 4.79 Å². The van der Waals surface area contributed by atoms with Gasteiger partial charge in [0.25, 0.3) is 5.91 Å². The van der Waals surface area contributed by atoms with Gasteiger partial charge in [-0.1, -0.05) is 42.5 Å². The lowest BCUT2D eigenvalue weighted by atomic mass is 10.1. The van der Waals surface area contributed by atoms with Gasteiger partial charge < -0.3 is 9.30 Å². The molecule has 0 atom stereocenters. The zero-order chi connectivity index (χ0) is 21.6. The Hall–Kier alpha value is -3.93. The molecule has 1 heterocycles. The second-order valence-electron chi connectivity index (χ2n) is 7.23. The summed E-state index contributed by atoms with van der Waals surface area (Å²) in [6.07, 6.45) is 0.650. The van der Waals surface area contributed by atoms with Crippen LogP contribution in [0, 0.1) is 0 Å². The minimum Gasteiger partial charge on any atom is -0.497 e. The molecule has 0 fully saturated rings. The van der Waals surface area contributed by atoms with E-state index in [2.05, 4.69) is 22.7 Å². The van der Waals surface area contributed by atoms with Crippen LogP contribution >= 0.6 is 0 Å². The van der Waals surface area contributed by atoms with Crippen molar-refractivity contribution in [3.8, 4) is 5.75 Å². The molecule has 4 aromatic rings. The number of amides is 1. The van der Waals surface area contributed by atoms with E-state index in [9.17, 15) is 4.79 Å². The summed E-state index contributed by atoms with van der Waals surface area (Å²) in [6, 6.07) is 25.5. The topological polar surface area (TPSA) is 68.5 Å².